The van der Waals surface area contributed by atoms with E-state index in [0.717, 1.165) is 34.2 Å². The summed E-state index contributed by atoms with van der Waals surface area (Å²) in [4.78, 5) is 8.81. The van der Waals surface area contributed by atoms with E-state index in [1.807, 2.05) is 81.0 Å². The second-order valence-corrected chi connectivity index (χ2v) is 8.36. The molecule has 6 heteroatoms. The van der Waals surface area contributed by atoms with Crippen molar-refractivity contribution in [2.75, 3.05) is 23.9 Å². The molecule has 0 spiro atoms. The number of pyridine rings is 1. The van der Waals surface area contributed by atoms with E-state index in [9.17, 15) is 0 Å². The molecule has 1 saturated heterocycles. The lowest BCUT2D eigenvalue weighted by Crippen LogP contribution is -2.29. The van der Waals surface area contributed by atoms with Crippen molar-refractivity contribution in [3.63, 3.8) is 0 Å². The van der Waals surface area contributed by atoms with E-state index < -0.39 is 0 Å². The van der Waals surface area contributed by atoms with Gasteiger partial charge in [0, 0.05) is 37.2 Å². The van der Waals surface area contributed by atoms with Gasteiger partial charge in [-0.25, -0.2) is 0 Å². The third-order valence-corrected chi connectivity index (χ3v) is 6.03. The van der Waals surface area contributed by atoms with Crippen molar-refractivity contribution in [2.24, 2.45) is 0 Å². The molecule has 1 aliphatic rings. The van der Waals surface area contributed by atoms with Crippen molar-refractivity contribution in [3.05, 3.63) is 103 Å². The van der Waals surface area contributed by atoms with Gasteiger partial charge in [-0.1, -0.05) is 36.4 Å². The van der Waals surface area contributed by atoms with Crippen molar-refractivity contribution >= 4 is 28.7 Å². The maximum atomic E-state index is 6.39. The molecule has 1 fully saturated rings. The Kier molecular flexibility index (Phi) is 5.37. The number of nitrogens with one attached hydrogen (secondary N) is 1. The predicted octanol–water partition coefficient (Wildman–Crippen LogP) is 5.58. The molecule has 1 aliphatic heterocycles. The zero-order chi connectivity index (χ0) is 22.1. The average Bonchev–Trinajstić information content (AvgIpc) is 3.45. The number of anilines is 2. The highest BCUT2D eigenvalue weighted by Crippen LogP contribution is 2.43. The van der Waals surface area contributed by atoms with Crippen LogP contribution in [0.5, 0.6) is 0 Å². The molecule has 0 aliphatic carbocycles. The van der Waals surface area contributed by atoms with Gasteiger partial charge in [0.1, 0.15) is 17.6 Å². The number of aromatic nitrogens is 1. The van der Waals surface area contributed by atoms with Crippen LogP contribution in [-0.4, -0.2) is 24.2 Å². The van der Waals surface area contributed by atoms with Crippen LogP contribution in [0.4, 0.5) is 11.4 Å². The second kappa shape index (κ2) is 8.48. The summed E-state index contributed by atoms with van der Waals surface area (Å²) in [7, 11) is 4.07. The molecule has 0 bridgehead atoms. The molecule has 1 N–H and O–H groups in total. The minimum absolute atomic E-state index is 0.132. The summed E-state index contributed by atoms with van der Waals surface area (Å²) in [6, 6.07) is 28.2. The Morgan fingerprint density at radius 1 is 0.906 bits per heavy atom. The fraction of sp³-hybridized carbons (Fsp3) is 0.154. The third-order valence-electron chi connectivity index (χ3n) is 5.72. The fourth-order valence-electron chi connectivity index (χ4n) is 4.10. The Morgan fingerprint density at radius 3 is 2.34 bits per heavy atom. The number of nitrogens with zero attached hydrogens (tertiary/aromatic N) is 3. The lowest BCUT2D eigenvalue weighted by atomic mass is 10.0. The summed E-state index contributed by atoms with van der Waals surface area (Å²) in [5, 5.41) is 4.13. The quantitative estimate of drug-likeness (QED) is 0.409. The van der Waals surface area contributed by atoms with Gasteiger partial charge >= 0.3 is 0 Å². The smallest absolute Gasteiger partial charge is 0.174 e. The molecule has 32 heavy (non-hydrogen) atoms. The van der Waals surface area contributed by atoms with Crippen LogP contribution in [0.15, 0.2) is 95.5 Å². The highest BCUT2D eigenvalue weighted by atomic mass is 32.1. The largest absolute Gasteiger partial charge is 0.459 e. The van der Waals surface area contributed by atoms with Gasteiger partial charge in [0.25, 0.3) is 0 Å². The van der Waals surface area contributed by atoms with Crippen LogP contribution >= 0.6 is 12.2 Å². The number of thiocarbonyl (C=S) groups is 1. The van der Waals surface area contributed by atoms with E-state index in [4.69, 9.17) is 16.6 Å². The van der Waals surface area contributed by atoms with Gasteiger partial charge < -0.3 is 19.5 Å². The molecule has 2 aromatic heterocycles. The van der Waals surface area contributed by atoms with Gasteiger partial charge in [-0.15, -0.1) is 0 Å². The standard InChI is InChI=1S/C26H24N4OS/c1-29(2)19-11-13-20(14-12-19)30-25(24(28-26(30)32)21-10-6-7-17-27-21)23-16-15-22(31-23)18-8-4-3-5-9-18/h3-17,24-25H,1-2H3,(H,28,32)/t24-,25+/m1/s1. The molecule has 0 amide bonds. The molecular weight excluding hydrogens is 416 g/mol. The first-order valence-corrected chi connectivity index (χ1v) is 11.0. The maximum absolute atomic E-state index is 6.39. The highest BCUT2D eigenvalue weighted by Gasteiger charge is 2.42. The molecule has 3 heterocycles. The summed E-state index contributed by atoms with van der Waals surface area (Å²) >= 11 is 5.80. The zero-order valence-corrected chi connectivity index (χ0v) is 18.8. The second-order valence-electron chi connectivity index (χ2n) is 7.98. The normalized spacial score (nSPS) is 17.9. The molecule has 5 rings (SSSR count). The molecule has 0 unspecified atom stereocenters. The van der Waals surface area contributed by atoms with Crippen LogP contribution in [-0.2, 0) is 0 Å². The molecular formula is C26H24N4OS. The van der Waals surface area contributed by atoms with E-state index in [0.29, 0.717) is 5.11 Å². The van der Waals surface area contributed by atoms with E-state index >= 15 is 0 Å². The monoisotopic (exact) mass is 440 g/mol. The molecule has 5 nitrogen and oxygen atoms in total. The number of benzene rings is 2. The first-order valence-electron chi connectivity index (χ1n) is 10.5. The topological polar surface area (TPSA) is 44.5 Å². The van der Waals surface area contributed by atoms with Crippen LogP contribution in [0.25, 0.3) is 11.3 Å². The van der Waals surface area contributed by atoms with Crippen molar-refractivity contribution in [3.8, 4) is 11.3 Å². The van der Waals surface area contributed by atoms with Crippen molar-refractivity contribution in [1.82, 2.24) is 10.3 Å². The first-order chi connectivity index (χ1) is 15.6. The molecule has 4 aromatic rings. The molecule has 160 valence electrons. The van der Waals surface area contributed by atoms with Crippen LogP contribution < -0.4 is 15.1 Å². The number of furan rings is 1. The highest BCUT2D eigenvalue weighted by molar-refractivity contribution is 7.80. The Balaban J connectivity index is 1.58. The summed E-state index contributed by atoms with van der Waals surface area (Å²) in [6.45, 7) is 0. The maximum Gasteiger partial charge on any atom is 0.174 e. The van der Waals surface area contributed by atoms with E-state index in [2.05, 4.69) is 44.4 Å². The van der Waals surface area contributed by atoms with E-state index in [1.54, 1.807) is 0 Å². The van der Waals surface area contributed by atoms with Gasteiger partial charge in [0.05, 0.1) is 11.7 Å². The Labute approximate surface area is 193 Å². The van der Waals surface area contributed by atoms with Gasteiger partial charge in [-0.3, -0.25) is 4.98 Å². The van der Waals surface area contributed by atoms with Gasteiger partial charge in [-0.2, -0.15) is 0 Å². The number of rotatable bonds is 5. The van der Waals surface area contributed by atoms with Crippen LogP contribution in [0, 0.1) is 0 Å². The van der Waals surface area contributed by atoms with Gasteiger partial charge in [-0.05, 0) is 60.7 Å². The van der Waals surface area contributed by atoms with Crippen LogP contribution in [0.1, 0.15) is 23.5 Å². The third kappa shape index (κ3) is 3.74. The first kappa shape index (κ1) is 20.3. The summed E-state index contributed by atoms with van der Waals surface area (Å²) in [6.07, 6.45) is 1.81. The van der Waals surface area contributed by atoms with Crippen LogP contribution in [0.2, 0.25) is 0 Å². The Bertz CT molecular complexity index is 1210. The predicted molar refractivity (Wildman–Crippen MR) is 133 cm³/mol. The SMILES string of the molecule is CN(C)c1ccc(N2C(=S)N[C@H](c3ccccn3)[C@@H]2c2ccc(-c3ccccc3)o2)cc1. The van der Waals surface area contributed by atoms with Crippen molar-refractivity contribution in [2.45, 2.75) is 12.1 Å². The molecule has 0 saturated carbocycles. The molecule has 2 aromatic carbocycles. The Hall–Kier alpha value is -3.64. The minimum atomic E-state index is -0.167. The minimum Gasteiger partial charge on any atom is -0.459 e. The van der Waals surface area contributed by atoms with Crippen molar-refractivity contribution < 1.29 is 4.42 Å². The number of hydrogen-bond donors (Lipinski definition) is 1. The summed E-state index contributed by atoms with van der Waals surface area (Å²) in [5.74, 6) is 1.67. The van der Waals surface area contributed by atoms with E-state index in [-0.39, 0.29) is 12.1 Å². The van der Waals surface area contributed by atoms with Crippen molar-refractivity contribution in [1.29, 1.82) is 0 Å². The zero-order valence-electron chi connectivity index (χ0n) is 18.0. The van der Waals surface area contributed by atoms with Gasteiger partial charge in [0.2, 0.25) is 0 Å². The molecule has 0 radical (unpaired) electrons. The summed E-state index contributed by atoms with van der Waals surface area (Å²) < 4.78 is 6.39. The lowest BCUT2D eigenvalue weighted by molar-refractivity contribution is 0.439. The number of hydrogen-bond acceptors (Lipinski definition) is 4. The lowest BCUT2D eigenvalue weighted by Gasteiger charge is -2.26. The fourth-order valence-corrected chi connectivity index (χ4v) is 4.45. The summed E-state index contributed by atoms with van der Waals surface area (Å²) in [5.41, 5.74) is 4.11. The van der Waals surface area contributed by atoms with Crippen LogP contribution in [0.3, 0.4) is 0 Å². The average molecular weight is 441 g/mol. The molecule has 2 atom stereocenters. The Morgan fingerprint density at radius 2 is 1.66 bits per heavy atom. The van der Waals surface area contributed by atoms with E-state index in [1.165, 1.54) is 0 Å². The van der Waals surface area contributed by atoms with Gasteiger partial charge in [0.15, 0.2) is 5.11 Å².